The summed E-state index contributed by atoms with van der Waals surface area (Å²) >= 11 is 12.3. The average Bonchev–Trinajstić information content (AvgIpc) is 2.46. The molecule has 0 fully saturated rings. The Morgan fingerprint density at radius 2 is 1.86 bits per heavy atom. The summed E-state index contributed by atoms with van der Waals surface area (Å²) in [7, 11) is 3.13. The van der Waals surface area contributed by atoms with Gasteiger partial charge in [0, 0.05) is 16.6 Å². The molecule has 5 heteroatoms. The summed E-state index contributed by atoms with van der Waals surface area (Å²) in [5.41, 5.74) is 8.19. The van der Waals surface area contributed by atoms with E-state index in [1.54, 1.807) is 20.3 Å². The predicted molar refractivity (Wildman–Crippen MR) is 86.6 cm³/mol. The Morgan fingerprint density at radius 1 is 1.10 bits per heavy atom. The smallest absolute Gasteiger partial charge is 0.146 e. The molecule has 0 aromatic heterocycles. The first-order chi connectivity index (χ1) is 10.1. The lowest BCUT2D eigenvalue weighted by molar-refractivity contribution is 0.389. The van der Waals surface area contributed by atoms with Crippen molar-refractivity contribution in [3.8, 4) is 11.5 Å². The van der Waals surface area contributed by atoms with Crippen LogP contribution in [0.2, 0.25) is 10.0 Å². The molecule has 3 nitrogen and oxygen atoms in total. The fraction of sp³-hybridized carbons (Fsp3) is 0.250. The third kappa shape index (κ3) is 3.62. The topological polar surface area (TPSA) is 44.5 Å². The van der Waals surface area contributed by atoms with Crippen LogP contribution in [0, 0.1) is 0 Å². The Morgan fingerprint density at radius 3 is 2.48 bits per heavy atom. The zero-order chi connectivity index (χ0) is 15.4. The van der Waals surface area contributed by atoms with Gasteiger partial charge in [0.15, 0.2) is 0 Å². The van der Waals surface area contributed by atoms with E-state index in [-0.39, 0.29) is 6.04 Å². The van der Waals surface area contributed by atoms with E-state index in [1.165, 1.54) is 0 Å². The highest BCUT2D eigenvalue weighted by molar-refractivity contribution is 6.33. The van der Waals surface area contributed by atoms with Gasteiger partial charge in [0.25, 0.3) is 0 Å². The van der Waals surface area contributed by atoms with Crippen molar-refractivity contribution in [3.05, 3.63) is 57.6 Å². The van der Waals surface area contributed by atoms with Crippen LogP contribution >= 0.6 is 23.2 Å². The number of ether oxygens (including phenoxy) is 2. The van der Waals surface area contributed by atoms with Crippen LogP contribution in [0.5, 0.6) is 11.5 Å². The first kappa shape index (κ1) is 16.0. The van der Waals surface area contributed by atoms with Gasteiger partial charge in [0.2, 0.25) is 0 Å². The van der Waals surface area contributed by atoms with Gasteiger partial charge in [-0.2, -0.15) is 0 Å². The Hall–Kier alpha value is -1.42. The van der Waals surface area contributed by atoms with Crippen molar-refractivity contribution in [1.82, 2.24) is 0 Å². The van der Waals surface area contributed by atoms with Crippen LogP contribution in [0.4, 0.5) is 0 Å². The number of nitrogens with two attached hydrogens (primary N) is 1. The predicted octanol–water partition coefficient (Wildman–Crippen LogP) is 4.25. The summed E-state index contributed by atoms with van der Waals surface area (Å²) in [4.78, 5) is 0. The monoisotopic (exact) mass is 325 g/mol. The second kappa shape index (κ2) is 7.03. The van der Waals surface area contributed by atoms with Crippen LogP contribution in [0.25, 0.3) is 0 Å². The molecule has 0 saturated carbocycles. The van der Waals surface area contributed by atoms with Gasteiger partial charge in [0.05, 0.1) is 14.2 Å². The van der Waals surface area contributed by atoms with E-state index in [4.69, 9.17) is 38.4 Å². The molecule has 1 unspecified atom stereocenters. The van der Waals surface area contributed by atoms with Crippen LogP contribution in [0.1, 0.15) is 17.2 Å². The molecule has 2 N–H and O–H groups in total. The maximum atomic E-state index is 6.29. The summed E-state index contributed by atoms with van der Waals surface area (Å²) in [6.45, 7) is 0. The highest BCUT2D eigenvalue weighted by Gasteiger charge is 2.18. The largest absolute Gasteiger partial charge is 0.495 e. The van der Waals surface area contributed by atoms with E-state index in [2.05, 4.69) is 0 Å². The zero-order valence-corrected chi connectivity index (χ0v) is 13.4. The normalized spacial score (nSPS) is 12.0. The van der Waals surface area contributed by atoms with Gasteiger partial charge in [0.1, 0.15) is 16.5 Å². The van der Waals surface area contributed by atoms with E-state index < -0.39 is 0 Å². The van der Waals surface area contributed by atoms with E-state index in [0.29, 0.717) is 28.0 Å². The fourth-order valence-corrected chi connectivity index (χ4v) is 2.78. The lowest BCUT2D eigenvalue weighted by Crippen LogP contribution is -2.14. The summed E-state index contributed by atoms with van der Waals surface area (Å²) in [5.74, 6) is 1.11. The number of halogens is 2. The van der Waals surface area contributed by atoms with Gasteiger partial charge in [-0.05, 0) is 36.2 Å². The van der Waals surface area contributed by atoms with Crippen molar-refractivity contribution in [1.29, 1.82) is 0 Å². The van der Waals surface area contributed by atoms with Crippen LogP contribution in [-0.4, -0.2) is 14.2 Å². The molecule has 112 valence electrons. The molecule has 2 aromatic carbocycles. The highest BCUT2D eigenvalue weighted by atomic mass is 35.5. The molecule has 0 amide bonds. The molecular weight excluding hydrogens is 309 g/mol. The summed E-state index contributed by atoms with van der Waals surface area (Å²) < 4.78 is 10.6. The number of benzene rings is 2. The van der Waals surface area contributed by atoms with Crippen molar-refractivity contribution in [2.45, 2.75) is 12.5 Å². The van der Waals surface area contributed by atoms with Gasteiger partial charge in [-0.1, -0.05) is 35.3 Å². The first-order valence-corrected chi connectivity index (χ1v) is 7.22. The van der Waals surface area contributed by atoms with Crippen molar-refractivity contribution in [3.63, 3.8) is 0 Å². The minimum Gasteiger partial charge on any atom is -0.495 e. The Labute approximate surface area is 134 Å². The maximum absolute atomic E-state index is 6.29. The van der Waals surface area contributed by atoms with Crippen molar-refractivity contribution in [2.24, 2.45) is 5.73 Å². The molecule has 0 saturated heterocycles. The Balaban J connectivity index is 2.30. The van der Waals surface area contributed by atoms with Gasteiger partial charge in [-0.25, -0.2) is 0 Å². The SMILES string of the molecule is COc1ccc(C(N)Cc2cccc(Cl)c2)c(OC)c1Cl. The molecule has 0 heterocycles. The number of methoxy groups -OCH3 is 2. The molecule has 0 radical (unpaired) electrons. The van der Waals surface area contributed by atoms with E-state index in [1.807, 2.05) is 30.3 Å². The van der Waals surface area contributed by atoms with E-state index in [0.717, 1.165) is 11.1 Å². The molecule has 0 bridgehead atoms. The Kier molecular flexibility index (Phi) is 5.34. The third-order valence-electron chi connectivity index (χ3n) is 3.26. The second-order valence-corrected chi connectivity index (χ2v) is 5.46. The number of hydrogen-bond donors (Lipinski definition) is 1. The van der Waals surface area contributed by atoms with Crippen molar-refractivity contribution < 1.29 is 9.47 Å². The minimum atomic E-state index is -0.248. The molecule has 0 aliphatic heterocycles. The molecule has 0 spiro atoms. The molecule has 0 aliphatic carbocycles. The van der Waals surface area contributed by atoms with Gasteiger partial charge in [-0.3, -0.25) is 0 Å². The van der Waals surface area contributed by atoms with Crippen LogP contribution in [-0.2, 0) is 6.42 Å². The molecule has 2 aromatic rings. The van der Waals surface area contributed by atoms with Gasteiger partial charge in [-0.15, -0.1) is 0 Å². The van der Waals surface area contributed by atoms with Gasteiger partial charge < -0.3 is 15.2 Å². The lowest BCUT2D eigenvalue weighted by atomic mass is 9.98. The van der Waals surface area contributed by atoms with Crippen molar-refractivity contribution in [2.75, 3.05) is 14.2 Å². The quantitative estimate of drug-likeness (QED) is 0.893. The molecule has 0 aliphatic rings. The molecular formula is C16H17Cl2NO2. The highest BCUT2D eigenvalue weighted by Crippen LogP contribution is 2.39. The second-order valence-electron chi connectivity index (χ2n) is 4.64. The number of hydrogen-bond acceptors (Lipinski definition) is 3. The fourth-order valence-electron chi connectivity index (χ4n) is 2.24. The minimum absolute atomic E-state index is 0.248. The standard InChI is InChI=1S/C16H17Cl2NO2/c1-20-14-7-6-12(16(21-2)15(14)18)13(19)9-10-4-3-5-11(17)8-10/h3-8,13H,9,19H2,1-2H3. The van der Waals surface area contributed by atoms with E-state index >= 15 is 0 Å². The van der Waals surface area contributed by atoms with Gasteiger partial charge >= 0.3 is 0 Å². The summed E-state index contributed by atoms with van der Waals surface area (Å²) in [5, 5.41) is 1.12. The summed E-state index contributed by atoms with van der Waals surface area (Å²) in [6.07, 6.45) is 0.638. The molecule has 2 rings (SSSR count). The number of rotatable bonds is 5. The lowest BCUT2D eigenvalue weighted by Gasteiger charge is -2.18. The Bertz CT molecular complexity index is 632. The first-order valence-electron chi connectivity index (χ1n) is 6.47. The van der Waals surface area contributed by atoms with Crippen LogP contribution < -0.4 is 15.2 Å². The maximum Gasteiger partial charge on any atom is 0.146 e. The third-order valence-corrected chi connectivity index (χ3v) is 3.85. The molecule has 21 heavy (non-hydrogen) atoms. The molecule has 1 atom stereocenters. The average molecular weight is 326 g/mol. The van der Waals surface area contributed by atoms with E-state index in [9.17, 15) is 0 Å². The van der Waals surface area contributed by atoms with Crippen LogP contribution in [0.3, 0.4) is 0 Å². The van der Waals surface area contributed by atoms with Crippen LogP contribution in [0.15, 0.2) is 36.4 Å². The summed E-state index contributed by atoms with van der Waals surface area (Å²) in [6, 6.07) is 11.0. The van der Waals surface area contributed by atoms with Crippen molar-refractivity contribution >= 4 is 23.2 Å². The zero-order valence-electron chi connectivity index (χ0n) is 11.9.